The number of carbonyl (C=O) groups excluding carboxylic acids is 1. The van der Waals surface area contributed by atoms with Crippen molar-refractivity contribution in [3.05, 3.63) is 35.4 Å². The van der Waals surface area contributed by atoms with Gasteiger partial charge < -0.3 is 9.80 Å². The van der Waals surface area contributed by atoms with Crippen LogP contribution in [0.3, 0.4) is 0 Å². The fourth-order valence-corrected chi connectivity index (χ4v) is 2.63. The van der Waals surface area contributed by atoms with Gasteiger partial charge in [-0.2, -0.15) is 0 Å². The maximum atomic E-state index is 12.3. The lowest BCUT2D eigenvalue weighted by atomic mass is 10.1. The molecule has 110 valence electrons. The third kappa shape index (κ3) is 3.83. The lowest BCUT2D eigenvalue weighted by molar-refractivity contribution is -0.133. The minimum atomic E-state index is 0.296. The average molecular weight is 274 g/mol. The number of piperazine rings is 1. The highest BCUT2D eigenvalue weighted by atomic mass is 16.2. The van der Waals surface area contributed by atoms with Crippen LogP contribution in [0.25, 0.3) is 0 Å². The minimum Gasteiger partial charge on any atom is -0.340 e. The van der Waals surface area contributed by atoms with E-state index < -0.39 is 0 Å². The van der Waals surface area contributed by atoms with Gasteiger partial charge in [0.15, 0.2) is 0 Å². The first-order valence-corrected chi connectivity index (χ1v) is 7.66. The first-order chi connectivity index (χ1) is 9.60. The molecule has 1 heterocycles. The molecule has 0 saturated carbocycles. The molecule has 20 heavy (non-hydrogen) atoms. The molecule has 1 aromatic rings. The van der Waals surface area contributed by atoms with Gasteiger partial charge in [-0.15, -0.1) is 0 Å². The molecule has 0 spiro atoms. The molecule has 1 amide bonds. The molecule has 1 atom stereocenters. The van der Waals surface area contributed by atoms with Gasteiger partial charge in [0.25, 0.3) is 0 Å². The normalized spacial score (nSPS) is 20.1. The van der Waals surface area contributed by atoms with E-state index >= 15 is 0 Å². The van der Waals surface area contributed by atoms with E-state index in [0.717, 1.165) is 32.5 Å². The van der Waals surface area contributed by atoms with Crippen molar-refractivity contribution in [1.82, 2.24) is 9.80 Å². The van der Waals surface area contributed by atoms with Crippen LogP contribution in [0.5, 0.6) is 0 Å². The summed E-state index contributed by atoms with van der Waals surface area (Å²) in [5.74, 6) is 0.296. The third-order valence-electron chi connectivity index (χ3n) is 4.37. The highest BCUT2D eigenvalue weighted by Crippen LogP contribution is 2.11. The number of nitrogens with zero attached hydrogens (tertiary/aromatic N) is 2. The first-order valence-electron chi connectivity index (χ1n) is 7.66. The maximum absolute atomic E-state index is 12.3. The quantitative estimate of drug-likeness (QED) is 0.841. The molecule has 1 unspecified atom stereocenters. The smallest absolute Gasteiger partial charge is 0.222 e. The second-order valence-corrected chi connectivity index (χ2v) is 5.84. The Bertz CT molecular complexity index is 441. The molecular weight excluding hydrogens is 248 g/mol. The summed E-state index contributed by atoms with van der Waals surface area (Å²) in [5.41, 5.74) is 2.62. The number of aryl methyl sites for hydroxylation is 2. The van der Waals surface area contributed by atoms with Gasteiger partial charge in [0.1, 0.15) is 0 Å². The van der Waals surface area contributed by atoms with E-state index in [4.69, 9.17) is 0 Å². The second-order valence-electron chi connectivity index (χ2n) is 5.84. The van der Waals surface area contributed by atoms with E-state index in [9.17, 15) is 4.79 Å². The molecule has 1 saturated heterocycles. The van der Waals surface area contributed by atoms with Crippen molar-refractivity contribution in [2.45, 2.75) is 39.2 Å². The summed E-state index contributed by atoms with van der Waals surface area (Å²) in [7, 11) is 2.13. The van der Waals surface area contributed by atoms with Crippen LogP contribution >= 0.6 is 0 Å². The lowest BCUT2D eigenvalue weighted by Gasteiger charge is -2.37. The van der Waals surface area contributed by atoms with Gasteiger partial charge >= 0.3 is 0 Å². The Hall–Kier alpha value is -1.35. The fourth-order valence-electron chi connectivity index (χ4n) is 2.63. The number of amides is 1. The molecular formula is C17H26N2O. The summed E-state index contributed by atoms with van der Waals surface area (Å²) in [6, 6.07) is 9.10. The largest absolute Gasteiger partial charge is 0.340 e. The summed E-state index contributed by atoms with van der Waals surface area (Å²) in [6.45, 7) is 7.06. The molecule has 1 aromatic carbocycles. The van der Waals surface area contributed by atoms with Crippen LogP contribution in [0.1, 0.15) is 31.4 Å². The Morgan fingerprint density at radius 3 is 2.45 bits per heavy atom. The zero-order valence-corrected chi connectivity index (χ0v) is 12.9. The van der Waals surface area contributed by atoms with Crippen LogP contribution in [-0.2, 0) is 17.6 Å². The average Bonchev–Trinajstić information content (AvgIpc) is 2.48. The van der Waals surface area contributed by atoms with Gasteiger partial charge in [-0.25, -0.2) is 0 Å². The van der Waals surface area contributed by atoms with Crippen molar-refractivity contribution >= 4 is 5.91 Å². The zero-order chi connectivity index (χ0) is 14.5. The molecule has 1 aliphatic heterocycles. The van der Waals surface area contributed by atoms with E-state index in [0.29, 0.717) is 18.4 Å². The standard InChI is InChI=1S/C17H26N2O/c1-4-15-5-7-16(8-6-15)9-10-17(20)19-12-11-18(3)14(2)13-19/h5-8,14H,4,9-13H2,1-3H3. The summed E-state index contributed by atoms with van der Waals surface area (Å²) in [4.78, 5) is 16.6. The summed E-state index contributed by atoms with van der Waals surface area (Å²) in [6.07, 6.45) is 2.55. The molecule has 1 fully saturated rings. The van der Waals surface area contributed by atoms with Crippen molar-refractivity contribution < 1.29 is 4.79 Å². The minimum absolute atomic E-state index is 0.296. The van der Waals surface area contributed by atoms with Crippen molar-refractivity contribution in [1.29, 1.82) is 0 Å². The Kier molecular flexibility index (Phi) is 5.18. The maximum Gasteiger partial charge on any atom is 0.222 e. The number of likely N-dealkylation sites (N-methyl/N-ethyl adjacent to an activating group) is 1. The highest BCUT2D eigenvalue weighted by molar-refractivity contribution is 5.76. The Balaban J connectivity index is 1.82. The van der Waals surface area contributed by atoms with Gasteiger partial charge in [-0.3, -0.25) is 4.79 Å². The number of carbonyl (C=O) groups is 1. The van der Waals surface area contributed by atoms with E-state index in [1.165, 1.54) is 11.1 Å². The number of hydrogen-bond acceptors (Lipinski definition) is 2. The van der Waals surface area contributed by atoms with Crippen LogP contribution in [0.4, 0.5) is 0 Å². The molecule has 3 nitrogen and oxygen atoms in total. The van der Waals surface area contributed by atoms with E-state index in [-0.39, 0.29) is 0 Å². The molecule has 0 bridgehead atoms. The van der Waals surface area contributed by atoms with E-state index in [2.05, 4.69) is 50.1 Å². The van der Waals surface area contributed by atoms with Crippen molar-refractivity contribution in [3.63, 3.8) is 0 Å². The molecule has 3 heteroatoms. The molecule has 0 aromatic heterocycles. The summed E-state index contributed by atoms with van der Waals surface area (Å²) in [5, 5.41) is 0. The summed E-state index contributed by atoms with van der Waals surface area (Å²) < 4.78 is 0. The first kappa shape index (κ1) is 15.0. The predicted molar refractivity (Wildman–Crippen MR) is 82.8 cm³/mol. The number of benzene rings is 1. The van der Waals surface area contributed by atoms with Crippen LogP contribution in [-0.4, -0.2) is 48.4 Å². The van der Waals surface area contributed by atoms with Crippen LogP contribution in [0, 0.1) is 0 Å². The van der Waals surface area contributed by atoms with Gasteiger partial charge in [-0.1, -0.05) is 31.2 Å². The molecule has 2 rings (SSSR count). The van der Waals surface area contributed by atoms with Gasteiger partial charge in [0.2, 0.25) is 5.91 Å². The van der Waals surface area contributed by atoms with Gasteiger partial charge in [0.05, 0.1) is 0 Å². The van der Waals surface area contributed by atoms with Crippen LogP contribution in [0.2, 0.25) is 0 Å². The van der Waals surface area contributed by atoms with Gasteiger partial charge in [-0.05, 0) is 37.9 Å². The number of rotatable bonds is 4. The van der Waals surface area contributed by atoms with Crippen molar-refractivity contribution in [2.24, 2.45) is 0 Å². The van der Waals surface area contributed by atoms with Crippen molar-refractivity contribution in [3.8, 4) is 0 Å². The SMILES string of the molecule is CCc1ccc(CCC(=O)N2CCN(C)C(C)C2)cc1. The van der Waals surface area contributed by atoms with E-state index in [1.54, 1.807) is 0 Å². The third-order valence-corrected chi connectivity index (χ3v) is 4.37. The zero-order valence-electron chi connectivity index (χ0n) is 12.9. The van der Waals surface area contributed by atoms with Crippen LogP contribution < -0.4 is 0 Å². The molecule has 0 radical (unpaired) electrons. The Morgan fingerprint density at radius 2 is 1.85 bits per heavy atom. The Labute approximate surface area is 122 Å². The fraction of sp³-hybridized carbons (Fsp3) is 0.588. The Morgan fingerprint density at radius 1 is 1.20 bits per heavy atom. The highest BCUT2D eigenvalue weighted by Gasteiger charge is 2.23. The van der Waals surface area contributed by atoms with Crippen LogP contribution in [0.15, 0.2) is 24.3 Å². The topological polar surface area (TPSA) is 23.6 Å². The van der Waals surface area contributed by atoms with Crippen molar-refractivity contribution in [2.75, 3.05) is 26.7 Å². The number of hydrogen-bond donors (Lipinski definition) is 0. The molecule has 0 N–H and O–H groups in total. The monoisotopic (exact) mass is 274 g/mol. The van der Waals surface area contributed by atoms with Gasteiger partial charge in [0, 0.05) is 32.1 Å². The predicted octanol–water partition coefficient (Wildman–Crippen LogP) is 2.34. The molecule has 1 aliphatic rings. The second kappa shape index (κ2) is 6.89. The van der Waals surface area contributed by atoms with E-state index in [1.807, 2.05) is 4.90 Å². The summed E-state index contributed by atoms with van der Waals surface area (Å²) >= 11 is 0. The molecule has 0 aliphatic carbocycles. The lowest BCUT2D eigenvalue weighted by Crippen LogP contribution is -2.52.